The summed E-state index contributed by atoms with van der Waals surface area (Å²) in [6.45, 7) is 1.18. The van der Waals surface area contributed by atoms with Crippen molar-refractivity contribution in [3.8, 4) is 12.3 Å². The van der Waals surface area contributed by atoms with E-state index in [2.05, 4.69) is 10.7 Å². The Morgan fingerprint density at radius 1 is 1.43 bits per heavy atom. The predicted octanol–water partition coefficient (Wildman–Crippen LogP) is 1.03. The van der Waals surface area contributed by atoms with E-state index in [4.69, 9.17) is 20.6 Å². The maximum absolute atomic E-state index is 13.0. The first-order valence-corrected chi connectivity index (χ1v) is 8.10. The molecule has 0 aromatic carbocycles. The Balaban J connectivity index is 2.24. The van der Waals surface area contributed by atoms with Gasteiger partial charge in [0, 0.05) is 12.6 Å². The van der Waals surface area contributed by atoms with Gasteiger partial charge in [0.25, 0.3) is 5.56 Å². The Hall–Kier alpha value is -2.78. The van der Waals surface area contributed by atoms with Crippen LogP contribution < -0.4 is 11.2 Å². The number of nitrogens with one attached hydrogen (secondary N) is 1. The molecule has 9 nitrogen and oxygen atoms in total. The molecule has 1 N–H and O–H groups in total. The second-order valence-corrected chi connectivity index (χ2v) is 5.62. The lowest BCUT2D eigenvalue weighted by Crippen LogP contribution is -2.36. The smallest absolute Gasteiger partial charge is 0.435 e. The Morgan fingerprint density at radius 3 is 2.75 bits per heavy atom. The summed E-state index contributed by atoms with van der Waals surface area (Å²) >= 11 is 0. The zero-order chi connectivity index (χ0) is 20.9. The molecular weight excluding hydrogens is 389 g/mol. The van der Waals surface area contributed by atoms with Crippen LogP contribution in [0.3, 0.4) is 0 Å². The highest BCUT2D eigenvalue weighted by Gasteiger charge is 2.40. The van der Waals surface area contributed by atoms with Crippen LogP contribution in [0.5, 0.6) is 0 Å². The van der Waals surface area contributed by atoms with Gasteiger partial charge in [0.1, 0.15) is 31.1 Å². The largest absolute Gasteiger partial charge is 0.508 e. The number of rotatable bonds is 6. The van der Waals surface area contributed by atoms with Crippen molar-refractivity contribution in [3.05, 3.63) is 32.6 Å². The van der Waals surface area contributed by atoms with Crippen LogP contribution in [0.1, 0.15) is 25.1 Å². The van der Waals surface area contributed by atoms with Crippen molar-refractivity contribution in [1.82, 2.24) is 9.55 Å². The van der Waals surface area contributed by atoms with Crippen LogP contribution in [0.4, 0.5) is 18.0 Å². The van der Waals surface area contributed by atoms with Crippen molar-refractivity contribution in [2.45, 2.75) is 38.0 Å². The first-order chi connectivity index (χ1) is 13.2. The van der Waals surface area contributed by atoms with Crippen LogP contribution in [-0.2, 0) is 25.1 Å². The summed E-state index contributed by atoms with van der Waals surface area (Å²) in [5, 5.41) is 0. The van der Waals surface area contributed by atoms with E-state index in [1.54, 1.807) is 11.9 Å². The van der Waals surface area contributed by atoms with Gasteiger partial charge in [-0.15, -0.1) is 6.42 Å². The zero-order valence-electron chi connectivity index (χ0n) is 14.7. The predicted molar refractivity (Wildman–Crippen MR) is 86.4 cm³/mol. The molecule has 0 bridgehead atoms. The van der Waals surface area contributed by atoms with Gasteiger partial charge in [-0.3, -0.25) is 14.3 Å². The molecule has 0 aliphatic carbocycles. The van der Waals surface area contributed by atoms with Crippen molar-refractivity contribution < 1.29 is 36.9 Å². The molecule has 2 rings (SSSR count). The highest BCUT2D eigenvalue weighted by molar-refractivity contribution is 5.59. The lowest BCUT2D eigenvalue weighted by Gasteiger charge is -2.18. The van der Waals surface area contributed by atoms with Crippen LogP contribution in [0.2, 0.25) is 0 Å². The van der Waals surface area contributed by atoms with Gasteiger partial charge >= 0.3 is 18.0 Å². The minimum Gasteiger partial charge on any atom is -0.435 e. The lowest BCUT2D eigenvalue weighted by molar-refractivity contribution is -0.139. The molecule has 2 heterocycles. The summed E-state index contributed by atoms with van der Waals surface area (Å²) in [4.78, 5) is 36.3. The van der Waals surface area contributed by atoms with E-state index in [1.807, 2.05) is 0 Å². The number of alkyl halides is 3. The number of hydrogen-bond donors (Lipinski definition) is 1. The molecule has 1 saturated heterocycles. The lowest BCUT2D eigenvalue weighted by atomic mass is 10.2. The normalized spacial score (nSPS) is 21.9. The minimum atomic E-state index is -4.96. The second-order valence-electron chi connectivity index (χ2n) is 5.62. The third-order valence-electron chi connectivity index (χ3n) is 3.77. The number of aromatic nitrogens is 2. The maximum Gasteiger partial charge on any atom is 0.508 e. The number of carbonyl (C=O) groups excluding carboxylic acids is 1. The molecule has 12 heteroatoms. The highest BCUT2D eigenvalue weighted by Crippen LogP contribution is 2.32. The van der Waals surface area contributed by atoms with E-state index in [0.717, 1.165) is 0 Å². The zero-order valence-corrected chi connectivity index (χ0v) is 14.7. The number of aromatic amines is 1. The van der Waals surface area contributed by atoms with Gasteiger partial charge in [-0.2, -0.15) is 13.2 Å². The van der Waals surface area contributed by atoms with E-state index in [-0.39, 0.29) is 26.2 Å². The SMILES string of the molecule is C#CCO[C@H]1C[C@H](n2cc(C(F)(F)F)c(=O)[nH]c2=O)O[C@@H]1COC(=O)OCC. The number of ether oxygens (including phenoxy) is 4. The molecule has 1 aromatic heterocycles. The Morgan fingerprint density at radius 2 is 2.14 bits per heavy atom. The van der Waals surface area contributed by atoms with Crippen molar-refractivity contribution in [1.29, 1.82) is 0 Å². The summed E-state index contributed by atoms with van der Waals surface area (Å²) in [5.41, 5.74) is -4.21. The van der Waals surface area contributed by atoms with Gasteiger partial charge in [-0.1, -0.05) is 5.92 Å². The molecule has 3 atom stereocenters. The molecule has 0 amide bonds. The van der Waals surface area contributed by atoms with Crippen LogP contribution in [0.15, 0.2) is 15.8 Å². The maximum atomic E-state index is 13.0. The van der Waals surface area contributed by atoms with Crippen LogP contribution in [0.25, 0.3) is 0 Å². The molecule has 0 radical (unpaired) electrons. The summed E-state index contributed by atoms with van der Waals surface area (Å²) in [6.07, 6.45) is -3.40. The monoisotopic (exact) mass is 406 g/mol. The van der Waals surface area contributed by atoms with Crippen LogP contribution in [-0.4, -0.2) is 47.7 Å². The summed E-state index contributed by atoms with van der Waals surface area (Å²) < 4.78 is 59.8. The number of carbonyl (C=O) groups is 1. The molecule has 1 fully saturated rings. The Kier molecular flexibility index (Phi) is 6.87. The van der Waals surface area contributed by atoms with E-state index >= 15 is 0 Å². The van der Waals surface area contributed by atoms with Gasteiger partial charge < -0.3 is 18.9 Å². The van der Waals surface area contributed by atoms with E-state index in [0.29, 0.717) is 10.8 Å². The average Bonchev–Trinajstić information content (AvgIpc) is 3.00. The van der Waals surface area contributed by atoms with E-state index < -0.39 is 47.6 Å². The second kappa shape index (κ2) is 8.94. The molecular formula is C16H17F3N2O7. The number of halogens is 3. The summed E-state index contributed by atoms with van der Waals surface area (Å²) in [5.74, 6) is 2.23. The van der Waals surface area contributed by atoms with Crippen molar-refractivity contribution in [2.75, 3.05) is 19.8 Å². The van der Waals surface area contributed by atoms with Gasteiger partial charge in [-0.25, -0.2) is 9.59 Å². The number of terminal acetylenes is 1. The number of hydrogen-bond acceptors (Lipinski definition) is 7. The Bertz CT molecular complexity index is 856. The van der Waals surface area contributed by atoms with Crippen LogP contribution in [0, 0.1) is 12.3 Å². The topological polar surface area (TPSA) is 109 Å². The number of nitrogens with zero attached hydrogens (tertiary/aromatic N) is 1. The minimum absolute atomic E-state index is 0.0677. The molecule has 0 unspecified atom stereocenters. The van der Waals surface area contributed by atoms with Gasteiger partial charge in [0.05, 0.1) is 12.7 Å². The van der Waals surface area contributed by atoms with Gasteiger partial charge in [0.15, 0.2) is 0 Å². The fourth-order valence-electron chi connectivity index (χ4n) is 2.56. The van der Waals surface area contributed by atoms with Crippen molar-refractivity contribution in [2.24, 2.45) is 0 Å². The van der Waals surface area contributed by atoms with E-state index in [1.165, 1.54) is 0 Å². The summed E-state index contributed by atoms with van der Waals surface area (Å²) in [6, 6.07) is 0. The first-order valence-electron chi connectivity index (χ1n) is 8.10. The van der Waals surface area contributed by atoms with Crippen molar-refractivity contribution >= 4 is 6.16 Å². The molecule has 0 saturated carbocycles. The third kappa shape index (κ3) is 5.14. The molecule has 0 spiro atoms. The molecule has 1 aliphatic rings. The highest BCUT2D eigenvalue weighted by atomic mass is 19.4. The van der Waals surface area contributed by atoms with Crippen LogP contribution >= 0.6 is 0 Å². The molecule has 1 aliphatic heterocycles. The van der Waals surface area contributed by atoms with E-state index in [9.17, 15) is 27.6 Å². The fraction of sp³-hybridized carbons (Fsp3) is 0.562. The Labute approximate surface area is 156 Å². The fourth-order valence-corrected chi connectivity index (χ4v) is 2.56. The standard InChI is InChI=1S/C16H17F3N2O7/c1-3-5-26-10-6-12(28-11(10)8-27-15(24)25-4-2)21-7-9(16(17,18)19)13(22)20-14(21)23/h1,7,10-12H,4-6,8H2,2H3,(H,20,22,23)/t10-,11+,12+/m0/s1. The number of H-pyrrole nitrogens is 1. The van der Waals surface area contributed by atoms with Gasteiger partial charge in [0.2, 0.25) is 0 Å². The average molecular weight is 406 g/mol. The quantitative estimate of drug-likeness (QED) is 0.555. The first kappa shape index (κ1) is 21.5. The molecule has 1 aromatic rings. The summed E-state index contributed by atoms with van der Waals surface area (Å²) in [7, 11) is 0. The van der Waals surface area contributed by atoms with Crippen molar-refractivity contribution in [3.63, 3.8) is 0 Å². The third-order valence-corrected chi connectivity index (χ3v) is 3.77. The molecule has 154 valence electrons. The molecule has 28 heavy (non-hydrogen) atoms. The van der Waals surface area contributed by atoms with Gasteiger partial charge in [-0.05, 0) is 6.92 Å².